The van der Waals surface area contributed by atoms with Crippen LogP contribution in [-0.2, 0) is 30.0 Å². The number of nitrogens with one attached hydrogen (secondary N) is 1. The maximum atomic E-state index is 14.7. The van der Waals surface area contributed by atoms with Gasteiger partial charge >= 0.3 is 11.9 Å². The lowest BCUT2D eigenvalue weighted by atomic mass is 10.1. The van der Waals surface area contributed by atoms with E-state index in [0.717, 1.165) is 10.5 Å². The predicted molar refractivity (Wildman–Crippen MR) is 120 cm³/mol. The number of aliphatic hydroxyl groups excluding tert-OH is 1. The van der Waals surface area contributed by atoms with E-state index in [1.165, 1.54) is 25.9 Å². The van der Waals surface area contributed by atoms with Crippen molar-refractivity contribution in [1.29, 1.82) is 0 Å². The molecule has 1 aromatic rings. The van der Waals surface area contributed by atoms with Gasteiger partial charge in [0.05, 0.1) is 6.61 Å². The fraction of sp³-hybridized carbons (Fsp3) is 0.429. The standard InChI is InChI=1S/C21H27F2N4O6P/c1-13(19(29)31-11-15-7-5-4-6-8-15)26-34(3,30)32-12-16-18(28)21(22,23)20(33-16)27-10-9-17(24)25-14(27)2/h4-10,13,16,18,20,28H,2,11-12H2,1,3H3,(H2,24,25)(H,26,30)/t13-,16+,18-,20+,34?/m0/s1. The highest BCUT2D eigenvalue weighted by Gasteiger charge is 2.61. The normalized spacial score (nSPS) is 26.6. The Hall–Kier alpha value is -2.63. The van der Waals surface area contributed by atoms with Crippen molar-refractivity contribution in [2.24, 2.45) is 10.7 Å². The molecule has 0 bridgehead atoms. The van der Waals surface area contributed by atoms with E-state index in [-0.39, 0.29) is 18.3 Å². The number of nitrogens with two attached hydrogens (primary N) is 1. The van der Waals surface area contributed by atoms with Crippen LogP contribution in [0.25, 0.3) is 0 Å². The zero-order chi connectivity index (χ0) is 25.1. The fourth-order valence-corrected chi connectivity index (χ4v) is 4.63. The molecule has 1 aromatic carbocycles. The van der Waals surface area contributed by atoms with Crippen molar-refractivity contribution < 1.29 is 37.2 Å². The Balaban J connectivity index is 1.54. The molecule has 0 amide bonds. The van der Waals surface area contributed by atoms with Gasteiger partial charge in [0.2, 0.25) is 6.23 Å². The lowest BCUT2D eigenvalue weighted by Crippen LogP contribution is -2.47. The molecule has 10 nitrogen and oxygen atoms in total. The highest BCUT2D eigenvalue weighted by molar-refractivity contribution is 7.56. The Labute approximate surface area is 195 Å². The molecule has 0 aromatic heterocycles. The van der Waals surface area contributed by atoms with Gasteiger partial charge in [-0.15, -0.1) is 0 Å². The number of amidine groups is 1. The zero-order valence-corrected chi connectivity index (χ0v) is 19.5. The first kappa shape index (κ1) is 26.0. The third-order valence-electron chi connectivity index (χ3n) is 5.08. The molecule has 0 saturated carbocycles. The second kappa shape index (κ2) is 10.3. The summed E-state index contributed by atoms with van der Waals surface area (Å²) in [5.74, 6) is -4.40. The smallest absolute Gasteiger partial charge is 0.323 e. The molecule has 5 atom stereocenters. The zero-order valence-electron chi connectivity index (χ0n) is 18.6. The van der Waals surface area contributed by atoms with Crippen LogP contribution < -0.4 is 10.8 Å². The van der Waals surface area contributed by atoms with Crippen molar-refractivity contribution in [3.63, 3.8) is 0 Å². The van der Waals surface area contributed by atoms with Crippen LogP contribution in [0, 0.1) is 0 Å². The third-order valence-corrected chi connectivity index (χ3v) is 6.58. The van der Waals surface area contributed by atoms with Gasteiger partial charge in [0.1, 0.15) is 30.4 Å². The number of alkyl halides is 2. The van der Waals surface area contributed by atoms with Gasteiger partial charge in [0, 0.05) is 12.9 Å². The van der Waals surface area contributed by atoms with Gasteiger partial charge in [-0.05, 0) is 18.6 Å². The summed E-state index contributed by atoms with van der Waals surface area (Å²) >= 11 is 0. The largest absolute Gasteiger partial charge is 0.460 e. The monoisotopic (exact) mass is 500 g/mol. The number of carbonyl (C=O) groups is 1. The van der Waals surface area contributed by atoms with Crippen molar-refractivity contribution in [1.82, 2.24) is 9.99 Å². The van der Waals surface area contributed by atoms with E-state index in [2.05, 4.69) is 16.7 Å². The number of aliphatic hydroxyl groups is 1. The van der Waals surface area contributed by atoms with E-state index >= 15 is 0 Å². The van der Waals surface area contributed by atoms with E-state index in [1.54, 1.807) is 24.3 Å². The van der Waals surface area contributed by atoms with Crippen molar-refractivity contribution in [3.05, 3.63) is 60.6 Å². The number of hydrogen-bond donors (Lipinski definition) is 3. The molecule has 4 N–H and O–H groups in total. The van der Waals surface area contributed by atoms with Gasteiger partial charge in [-0.3, -0.25) is 9.36 Å². The van der Waals surface area contributed by atoms with Crippen LogP contribution in [-0.4, -0.2) is 65.5 Å². The number of hydrogen-bond acceptors (Lipinski definition) is 9. The third kappa shape index (κ3) is 6.08. The number of rotatable bonds is 9. The van der Waals surface area contributed by atoms with Crippen molar-refractivity contribution in [3.8, 4) is 0 Å². The summed E-state index contributed by atoms with van der Waals surface area (Å²) in [4.78, 5) is 16.9. The number of ether oxygens (including phenoxy) is 2. The molecule has 2 heterocycles. The number of nitrogens with zero attached hydrogens (tertiary/aromatic N) is 2. The molecule has 2 aliphatic rings. The Morgan fingerprint density at radius 3 is 2.76 bits per heavy atom. The van der Waals surface area contributed by atoms with Crippen LogP contribution in [0.5, 0.6) is 0 Å². The van der Waals surface area contributed by atoms with Crippen molar-refractivity contribution in [2.45, 2.75) is 43.9 Å². The summed E-state index contributed by atoms with van der Waals surface area (Å²) in [7, 11) is -3.66. The van der Waals surface area contributed by atoms with Crippen molar-refractivity contribution in [2.75, 3.05) is 13.3 Å². The Kier molecular flexibility index (Phi) is 7.89. The molecule has 3 rings (SSSR count). The second-order valence-electron chi connectivity index (χ2n) is 7.91. The number of esters is 1. The summed E-state index contributed by atoms with van der Waals surface area (Å²) in [6.07, 6.45) is -3.19. The average molecular weight is 500 g/mol. The molecule has 0 aliphatic carbocycles. The SMILES string of the molecule is C=C1N=C(N)C=CN1[C@@H]1O[C@H](COP(C)(=O)N[C@@H](C)C(=O)OCc2ccccc2)[C@H](O)C1(F)F. The van der Waals surface area contributed by atoms with Crippen LogP contribution in [0.2, 0.25) is 0 Å². The number of carbonyl (C=O) groups excluding carboxylic acids is 1. The minimum atomic E-state index is -3.72. The minimum Gasteiger partial charge on any atom is -0.460 e. The summed E-state index contributed by atoms with van der Waals surface area (Å²) in [5.41, 5.74) is 6.30. The van der Waals surface area contributed by atoms with Gasteiger partial charge < -0.3 is 29.7 Å². The van der Waals surface area contributed by atoms with Crippen LogP contribution in [0.15, 0.2) is 60.0 Å². The molecular weight excluding hydrogens is 473 g/mol. The maximum absolute atomic E-state index is 14.7. The van der Waals surface area contributed by atoms with E-state index in [4.69, 9.17) is 19.7 Å². The lowest BCUT2D eigenvalue weighted by molar-refractivity contribution is -0.148. The molecule has 0 radical (unpaired) electrons. The van der Waals surface area contributed by atoms with Gasteiger partial charge in [-0.1, -0.05) is 36.9 Å². The molecule has 186 valence electrons. The molecule has 34 heavy (non-hydrogen) atoms. The van der Waals surface area contributed by atoms with Crippen LogP contribution in [0.1, 0.15) is 12.5 Å². The first-order valence-electron chi connectivity index (χ1n) is 10.3. The number of aliphatic imine (C=N–C) groups is 1. The maximum Gasteiger partial charge on any atom is 0.323 e. The number of halogens is 2. The van der Waals surface area contributed by atoms with E-state index in [0.29, 0.717) is 0 Å². The molecule has 1 fully saturated rings. The first-order valence-corrected chi connectivity index (χ1v) is 12.4. The molecule has 1 unspecified atom stereocenters. The highest BCUT2D eigenvalue weighted by atomic mass is 31.2. The summed E-state index contributed by atoms with van der Waals surface area (Å²) in [5, 5.41) is 12.6. The second-order valence-corrected chi connectivity index (χ2v) is 10.1. The molecule has 13 heteroatoms. The van der Waals surface area contributed by atoms with Gasteiger partial charge in [-0.2, -0.15) is 8.78 Å². The highest BCUT2D eigenvalue weighted by Crippen LogP contribution is 2.43. The predicted octanol–water partition coefficient (Wildman–Crippen LogP) is 1.93. The van der Waals surface area contributed by atoms with Gasteiger partial charge in [0.15, 0.2) is 6.10 Å². The minimum absolute atomic E-state index is 0.0328. The van der Waals surface area contributed by atoms with Crippen molar-refractivity contribution >= 4 is 19.3 Å². The summed E-state index contributed by atoms with van der Waals surface area (Å²) in [6.45, 7) is 5.57. The van der Waals surface area contributed by atoms with E-state index in [1.807, 2.05) is 6.07 Å². The van der Waals surface area contributed by atoms with Gasteiger partial charge in [0.25, 0.3) is 7.52 Å². The Morgan fingerprint density at radius 1 is 1.44 bits per heavy atom. The molecular formula is C21H27F2N4O6P. The summed E-state index contributed by atoms with van der Waals surface area (Å²) < 4.78 is 57.9. The van der Waals surface area contributed by atoms with Crippen LogP contribution >= 0.6 is 7.52 Å². The fourth-order valence-electron chi connectivity index (χ4n) is 3.32. The molecule has 2 aliphatic heterocycles. The van der Waals surface area contributed by atoms with Crippen LogP contribution in [0.4, 0.5) is 8.78 Å². The average Bonchev–Trinajstić information content (AvgIpc) is 3.00. The summed E-state index contributed by atoms with van der Waals surface area (Å²) in [6, 6.07) is 7.98. The Morgan fingerprint density at radius 2 is 2.12 bits per heavy atom. The lowest BCUT2D eigenvalue weighted by Gasteiger charge is -2.31. The van der Waals surface area contributed by atoms with Gasteiger partial charge in [-0.25, -0.2) is 10.1 Å². The Bertz CT molecular complexity index is 1020. The van der Waals surface area contributed by atoms with E-state index < -0.39 is 50.5 Å². The molecule has 1 saturated heterocycles. The quantitative estimate of drug-likeness (QED) is 0.343. The first-order chi connectivity index (χ1) is 15.9. The molecule has 0 spiro atoms. The van der Waals surface area contributed by atoms with Crippen LogP contribution in [0.3, 0.4) is 0 Å². The topological polar surface area (TPSA) is 136 Å². The number of benzene rings is 1. The van der Waals surface area contributed by atoms with E-state index in [9.17, 15) is 23.2 Å².